The molecule has 0 bridgehead atoms. The Hall–Kier alpha value is -3.86. The smallest absolute Gasteiger partial charge is 0.349 e. The zero-order valence-electron chi connectivity index (χ0n) is 27.2. The molecule has 2 amide bonds. The molecule has 45 heavy (non-hydrogen) atoms. The van der Waals surface area contributed by atoms with Gasteiger partial charge in [0.05, 0.1) is 19.5 Å². The van der Waals surface area contributed by atoms with Crippen LogP contribution in [0.5, 0.6) is 0 Å². The van der Waals surface area contributed by atoms with Crippen LogP contribution in [0.3, 0.4) is 0 Å². The molecule has 11 heteroatoms. The van der Waals surface area contributed by atoms with Gasteiger partial charge in [-0.15, -0.1) is 0 Å². The van der Waals surface area contributed by atoms with Gasteiger partial charge < -0.3 is 18.8 Å². The van der Waals surface area contributed by atoms with Gasteiger partial charge in [0.1, 0.15) is 12.0 Å². The number of carbonyl (C=O) groups excluding carboxylic acids is 4. The van der Waals surface area contributed by atoms with Gasteiger partial charge in [-0.3, -0.25) is 19.3 Å². The number of aryl methyl sites for hydroxylation is 1. The monoisotopic (exact) mass is 624 g/mol. The second-order valence-electron chi connectivity index (χ2n) is 11.7. The molecule has 0 aromatic carbocycles. The van der Waals surface area contributed by atoms with Crippen molar-refractivity contribution in [2.75, 3.05) is 37.7 Å². The maximum absolute atomic E-state index is 13.4. The topological polar surface area (TPSA) is 132 Å². The van der Waals surface area contributed by atoms with Crippen LogP contribution in [0.25, 0.3) is 0 Å². The van der Waals surface area contributed by atoms with Gasteiger partial charge in [-0.25, -0.2) is 14.8 Å². The Labute approximate surface area is 266 Å². The van der Waals surface area contributed by atoms with Crippen LogP contribution in [-0.4, -0.2) is 78.7 Å². The van der Waals surface area contributed by atoms with Gasteiger partial charge in [-0.2, -0.15) is 0 Å². The summed E-state index contributed by atoms with van der Waals surface area (Å²) < 4.78 is 14.7. The molecular weight excluding hydrogens is 576 g/mol. The number of carbonyl (C=O) groups is 4. The van der Waals surface area contributed by atoms with E-state index in [0.717, 1.165) is 76.4 Å². The fourth-order valence-corrected chi connectivity index (χ4v) is 6.07. The first-order chi connectivity index (χ1) is 21.7. The highest BCUT2D eigenvalue weighted by Crippen LogP contribution is 2.43. The number of ether oxygens (including phenoxy) is 2. The van der Waals surface area contributed by atoms with Crippen LogP contribution in [0.2, 0.25) is 0 Å². The number of piperidine rings is 1. The maximum Gasteiger partial charge on any atom is 0.349 e. The summed E-state index contributed by atoms with van der Waals surface area (Å²) in [6, 6.07) is 7.32. The van der Waals surface area contributed by atoms with Crippen LogP contribution in [0.15, 0.2) is 46.1 Å². The number of furan rings is 1. The Bertz CT molecular complexity index is 1250. The third kappa shape index (κ3) is 11.5. The quantitative estimate of drug-likeness (QED) is 0.233. The SMILES string of the molecule is CCOC(=O)C=NC(=O)CC1(CCN2CCC(N(C(=O)c3ccco3)c3ccc(C)cn3)CC2)CCCCC1.CCOC(C)=O. The lowest BCUT2D eigenvalue weighted by atomic mass is 9.69. The Morgan fingerprint density at radius 3 is 2.33 bits per heavy atom. The van der Waals surface area contributed by atoms with Crippen molar-refractivity contribution in [2.24, 2.45) is 10.4 Å². The van der Waals surface area contributed by atoms with E-state index in [1.807, 2.05) is 19.1 Å². The minimum atomic E-state index is -0.577. The highest BCUT2D eigenvalue weighted by Gasteiger charge is 2.36. The van der Waals surface area contributed by atoms with Crippen LogP contribution in [0.4, 0.5) is 5.82 Å². The number of hydrogen-bond acceptors (Lipinski definition) is 9. The predicted octanol–water partition coefficient (Wildman–Crippen LogP) is 5.55. The Morgan fingerprint density at radius 1 is 1.07 bits per heavy atom. The average Bonchev–Trinajstić information content (AvgIpc) is 3.57. The van der Waals surface area contributed by atoms with E-state index in [1.165, 1.54) is 19.6 Å². The number of rotatable bonds is 11. The summed E-state index contributed by atoms with van der Waals surface area (Å²) in [5, 5.41) is 0. The Balaban J connectivity index is 0.000000838. The first-order valence-corrected chi connectivity index (χ1v) is 16.1. The molecule has 1 saturated heterocycles. The first kappa shape index (κ1) is 35.6. The van der Waals surface area contributed by atoms with E-state index in [0.29, 0.717) is 24.6 Å². The van der Waals surface area contributed by atoms with Gasteiger partial charge >= 0.3 is 11.9 Å². The third-order valence-electron chi connectivity index (χ3n) is 8.36. The van der Waals surface area contributed by atoms with Gasteiger partial charge in [0, 0.05) is 38.7 Å². The molecule has 0 atom stereocenters. The Morgan fingerprint density at radius 2 is 1.78 bits per heavy atom. The molecule has 2 fully saturated rings. The van der Waals surface area contributed by atoms with E-state index >= 15 is 0 Å². The van der Waals surface area contributed by atoms with Crippen molar-refractivity contribution in [2.45, 2.75) is 91.5 Å². The van der Waals surface area contributed by atoms with Crippen molar-refractivity contribution >= 4 is 35.8 Å². The summed E-state index contributed by atoms with van der Waals surface area (Å²) in [5.74, 6) is -0.249. The van der Waals surface area contributed by atoms with E-state index in [1.54, 1.807) is 37.1 Å². The first-order valence-electron chi connectivity index (χ1n) is 16.1. The average molecular weight is 625 g/mol. The summed E-state index contributed by atoms with van der Waals surface area (Å²) in [7, 11) is 0. The van der Waals surface area contributed by atoms with Crippen molar-refractivity contribution < 1.29 is 33.1 Å². The summed E-state index contributed by atoms with van der Waals surface area (Å²) in [5.41, 5.74) is 0.964. The van der Waals surface area contributed by atoms with Gasteiger partial charge in [-0.1, -0.05) is 25.3 Å². The van der Waals surface area contributed by atoms with Crippen LogP contribution in [0.1, 0.15) is 94.7 Å². The normalized spacial score (nSPS) is 16.8. The minimum Gasteiger partial charge on any atom is -0.466 e. The van der Waals surface area contributed by atoms with Crippen molar-refractivity contribution in [1.82, 2.24) is 9.88 Å². The molecule has 2 aromatic heterocycles. The summed E-state index contributed by atoms with van der Waals surface area (Å²) in [6.45, 7) is 10.2. The van der Waals surface area contributed by atoms with Gasteiger partial charge in [0.25, 0.3) is 5.91 Å². The zero-order chi connectivity index (χ0) is 32.7. The van der Waals surface area contributed by atoms with E-state index in [2.05, 4.69) is 19.6 Å². The van der Waals surface area contributed by atoms with Crippen molar-refractivity contribution in [3.63, 3.8) is 0 Å². The lowest BCUT2D eigenvalue weighted by Gasteiger charge is -2.41. The predicted molar refractivity (Wildman–Crippen MR) is 171 cm³/mol. The lowest BCUT2D eigenvalue weighted by Crippen LogP contribution is -2.48. The van der Waals surface area contributed by atoms with E-state index in [4.69, 9.17) is 9.15 Å². The van der Waals surface area contributed by atoms with E-state index < -0.39 is 5.97 Å². The zero-order valence-corrected chi connectivity index (χ0v) is 27.2. The standard InChI is InChI=1S/C30H40N4O5.C4H8O2/c1-3-38-28(36)22-32-27(35)20-30(13-5-4-6-14-30)15-18-33-16-11-24(12-17-33)34(26-10-9-23(2)21-31-26)29(37)25-8-7-19-39-25;1-3-6-4(2)5/h7-10,19,21-22,24H,3-6,11-18,20H2,1-2H3;3H2,1-2H3. The number of likely N-dealkylation sites (tertiary alicyclic amines) is 1. The number of anilines is 1. The number of esters is 2. The number of amides is 2. The molecule has 1 saturated carbocycles. The highest BCUT2D eigenvalue weighted by atomic mass is 16.5. The second kappa shape index (κ2) is 18.2. The number of aliphatic imine (C=N–C) groups is 1. The van der Waals surface area contributed by atoms with Gasteiger partial charge in [0.2, 0.25) is 5.91 Å². The Kier molecular flexibility index (Phi) is 14.4. The molecule has 0 spiro atoms. The molecule has 11 nitrogen and oxygen atoms in total. The van der Waals surface area contributed by atoms with Crippen molar-refractivity contribution in [3.05, 3.63) is 48.0 Å². The van der Waals surface area contributed by atoms with Crippen LogP contribution < -0.4 is 4.90 Å². The molecule has 4 rings (SSSR count). The fourth-order valence-electron chi connectivity index (χ4n) is 6.07. The lowest BCUT2D eigenvalue weighted by molar-refractivity contribution is -0.140. The molecule has 0 unspecified atom stereocenters. The molecule has 1 aliphatic heterocycles. The molecule has 2 aliphatic rings. The largest absolute Gasteiger partial charge is 0.466 e. The van der Waals surface area contributed by atoms with E-state index in [-0.39, 0.29) is 35.8 Å². The molecule has 0 radical (unpaired) electrons. The van der Waals surface area contributed by atoms with Gasteiger partial charge in [0.15, 0.2) is 5.76 Å². The molecule has 3 heterocycles. The third-order valence-corrected chi connectivity index (χ3v) is 8.36. The van der Waals surface area contributed by atoms with Crippen molar-refractivity contribution in [1.29, 1.82) is 0 Å². The summed E-state index contributed by atoms with van der Waals surface area (Å²) >= 11 is 0. The minimum absolute atomic E-state index is 0.0245. The summed E-state index contributed by atoms with van der Waals surface area (Å²) in [4.78, 5) is 60.1. The maximum atomic E-state index is 13.4. The van der Waals surface area contributed by atoms with Gasteiger partial charge in [-0.05, 0) is 88.6 Å². The van der Waals surface area contributed by atoms with Crippen LogP contribution in [-0.2, 0) is 23.9 Å². The second-order valence-corrected chi connectivity index (χ2v) is 11.7. The number of aromatic nitrogens is 1. The van der Waals surface area contributed by atoms with Crippen molar-refractivity contribution in [3.8, 4) is 0 Å². The van der Waals surface area contributed by atoms with E-state index in [9.17, 15) is 19.2 Å². The summed E-state index contributed by atoms with van der Waals surface area (Å²) in [6.07, 6.45) is 12.7. The molecule has 1 aliphatic carbocycles. The molecule has 2 aromatic rings. The van der Waals surface area contributed by atoms with Crippen LogP contribution >= 0.6 is 0 Å². The fraction of sp³-hybridized carbons (Fsp3) is 0.588. The van der Waals surface area contributed by atoms with Crippen LogP contribution in [0, 0.1) is 12.3 Å². The molecular formula is C34H48N4O7. The highest BCUT2D eigenvalue weighted by molar-refractivity contribution is 6.25. The number of hydrogen-bond donors (Lipinski definition) is 0. The molecule has 0 N–H and O–H groups in total. The number of nitrogens with zero attached hydrogens (tertiary/aromatic N) is 4. The molecule has 246 valence electrons. The number of pyridine rings is 1.